The Labute approximate surface area is 118 Å². The smallest absolute Gasteiger partial charge is 0.270 e. The molecule has 1 aromatic carbocycles. The van der Waals surface area contributed by atoms with Crippen molar-refractivity contribution in [1.82, 2.24) is 9.78 Å². The molecule has 2 aromatic rings. The van der Waals surface area contributed by atoms with Gasteiger partial charge in [-0.25, -0.2) is 0 Å². The summed E-state index contributed by atoms with van der Waals surface area (Å²) in [6.45, 7) is 2.74. The summed E-state index contributed by atoms with van der Waals surface area (Å²) in [4.78, 5) is 10.2. The third kappa shape index (κ3) is 3.54. The molecule has 1 aromatic heterocycles. The first kappa shape index (κ1) is 13.5. The molecule has 0 spiro atoms. The fourth-order valence-electron chi connectivity index (χ4n) is 1.73. The fraction of sp³-hybridized carbons (Fsp3) is 0.250. The van der Waals surface area contributed by atoms with Gasteiger partial charge < -0.3 is 5.32 Å². The van der Waals surface area contributed by atoms with Gasteiger partial charge in [-0.05, 0) is 35.0 Å². The molecule has 6 nitrogen and oxygen atoms in total. The molecule has 1 unspecified atom stereocenters. The van der Waals surface area contributed by atoms with E-state index in [4.69, 9.17) is 0 Å². The van der Waals surface area contributed by atoms with Crippen molar-refractivity contribution in [2.24, 2.45) is 0 Å². The minimum Gasteiger partial charge on any atom is -0.380 e. The summed E-state index contributed by atoms with van der Waals surface area (Å²) in [5.41, 5.74) is 0.891. The Morgan fingerprint density at radius 1 is 1.58 bits per heavy atom. The number of aromatic nitrogens is 2. The van der Waals surface area contributed by atoms with Crippen LogP contribution in [0.15, 0.2) is 41.1 Å². The van der Waals surface area contributed by atoms with Gasteiger partial charge in [0.25, 0.3) is 5.69 Å². The minimum absolute atomic E-state index is 0.0668. The Kier molecular flexibility index (Phi) is 4.16. The lowest BCUT2D eigenvalue weighted by molar-refractivity contribution is -0.384. The third-order valence-electron chi connectivity index (χ3n) is 2.59. The van der Waals surface area contributed by atoms with Crippen molar-refractivity contribution in [2.45, 2.75) is 19.5 Å². The van der Waals surface area contributed by atoms with E-state index in [9.17, 15) is 10.1 Å². The molecular formula is C12H13BrN4O2. The van der Waals surface area contributed by atoms with Crippen LogP contribution in [-0.4, -0.2) is 20.7 Å². The molecule has 0 aliphatic carbocycles. The predicted octanol–water partition coefficient (Wildman–Crippen LogP) is 3.05. The number of non-ortho nitro benzene ring substituents is 1. The number of hydrogen-bond acceptors (Lipinski definition) is 4. The van der Waals surface area contributed by atoms with Crippen molar-refractivity contribution < 1.29 is 4.92 Å². The average molecular weight is 325 g/mol. The van der Waals surface area contributed by atoms with Gasteiger partial charge in [0.05, 0.1) is 11.5 Å². The van der Waals surface area contributed by atoms with Crippen LogP contribution in [0.25, 0.3) is 0 Å². The molecule has 0 saturated heterocycles. The zero-order valence-electron chi connectivity index (χ0n) is 10.3. The second kappa shape index (κ2) is 5.83. The first-order valence-electron chi connectivity index (χ1n) is 5.74. The molecule has 0 fully saturated rings. The summed E-state index contributed by atoms with van der Waals surface area (Å²) in [5, 5.41) is 18.1. The SMILES string of the molecule is CC(Cn1cccn1)Nc1ccc([N+](=O)[O-])cc1Br. The molecular weight excluding hydrogens is 312 g/mol. The molecule has 0 bridgehead atoms. The average Bonchev–Trinajstić information content (AvgIpc) is 2.84. The van der Waals surface area contributed by atoms with E-state index < -0.39 is 4.92 Å². The van der Waals surface area contributed by atoms with E-state index in [-0.39, 0.29) is 11.7 Å². The summed E-state index contributed by atoms with van der Waals surface area (Å²) in [7, 11) is 0. The van der Waals surface area contributed by atoms with Gasteiger partial charge in [-0.1, -0.05) is 0 Å². The van der Waals surface area contributed by atoms with Crippen LogP contribution in [0.4, 0.5) is 11.4 Å². The number of hydrogen-bond donors (Lipinski definition) is 1. The van der Waals surface area contributed by atoms with Gasteiger partial charge in [-0.15, -0.1) is 0 Å². The van der Waals surface area contributed by atoms with Crippen molar-refractivity contribution in [3.8, 4) is 0 Å². The Morgan fingerprint density at radius 2 is 2.37 bits per heavy atom. The zero-order valence-corrected chi connectivity index (χ0v) is 11.9. The predicted molar refractivity (Wildman–Crippen MR) is 76.1 cm³/mol. The largest absolute Gasteiger partial charge is 0.380 e. The van der Waals surface area contributed by atoms with Crippen molar-refractivity contribution in [1.29, 1.82) is 0 Å². The maximum atomic E-state index is 10.7. The van der Waals surface area contributed by atoms with Crippen LogP contribution in [-0.2, 0) is 6.54 Å². The number of nitrogens with zero attached hydrogens (tertiary/aromatic N) is 3. The number of benzene rings is 1. The normalized spacial score (nSPS) is 12.1. The molecule has 0 radical (unpaired) electrons. The summed E-state index contributed by atoms with van der Waals surface area (Å²) < 4.78 is 2.51. The summed E-state index contributed by atoms with van der Waals surface area (Å²) in [6.07, 6.45) is 3.62. The van der Waals surface area contributed by atoms with Gasteiger partial charge >= 0.3 is 0 Å². The Hall–Kier alpha value is -1.89. The molecule has 0 saturated carbocycles. The number of nitro groups is 1. The maximum absolute atomic E-state index is 10.7. The third-order valence-corrected chi connectivity index (χ3v) is 3.24. The van der Waals surface area contributed by atoms with Gasteiger partial charge in [0, 0.05) is 40.7 Å². The van der Waals surface area contributed by atoms with Crippen LogP contribution in [0.3, 0.4) is 0 Å². The Bertz CT molecular complexity index is 571. The van der Waals surface area contributed by atoms with Crippen molar-refractivity contribution in [3.63, 3.8) is 0 Å². The number of rotatable bonds is 5. The molecule has 1 atom stereocenters. The van der Waals surface area contributed by atoms with Crippen molar-refractivity contribution >= 4 is 27.3 Å². The van der Waals surface area contributed by atoms with Crippen molar-refractivity contribution in [2.75, 3.05) is 5.32 Å². The van der Waals surface area contributed by atoms with Gasteiger partial charge in [-0.2, -0.15) is 5.10 Å². The van der Waals surface area contributed by atoms with Crippen LogP contribution in [0.2, 0.25) is 0 Å². The van der Waals surface area contributed by atoms with Crippen LogP contribution >= 0.6 is 15.9 Å². The van der Waals surface area contributed by atoms with Gasteiger partial charge in [0.1, 0.15) is 0 Å². The number of halogens is 1. The molecule has 1 N–H and O–H groups in total. The molecule has 0 amide bonds. The second-order valence-corrected chi connectivity index (χ2v) is 5.05. The van der Waals surface area contributed by atoms with E-state index in [1.54, 1.807) is 12.3 Å². The highest BCUT2D eigenvalue weighted by molar-refractivity contribution is 9.10. The molecule has 0 aliphatic heterocycles. The first-order valence-corrected chi connectivity index (χ1v) is 6.53. The molecule has 19 heavy (non-hydrogen) atoms. The maximum Gasteiger partial charge on any atom is 0.270 e. The monoisotopic (exact) mass is 324 g/mol. The van der Waals surface area contributed by atoms with Crippen LogP contribution < -0.4 is 5.32 Å². The Balaban J connectivity index is 2.04. The van der Waals surface area contributed by atoms with Gasteiger partial charge in [0.15, 0.2) is 0 Å². The molecule has 100 valence electrons. The quantitative estimate of drug-likeness (QED) is 0.677. The highest BCUT2D eigenvalue weighted by Gasteiger charge is 2.11. The second-order valence-electron chi connectivity index (χ2n) is 4.19. The van der Waals surface area contributed by atoms with Gasteiger partial charge in [0.2, 0.25) is 0 Å². The summed E-state index contributed by atoms with van der Waals surface area (Å²) in [6, 6.07) is 6.69. The first-order chi connectivity index (χ1) is 9.06. The fourth-order valence-corrected chi connectivity index (χ4v) is 2.22. The summed E-state index contributed by atoms with van der Waals surface area (Å²) in [5.74, 6) is 0. The van der Waals surface area contributed by atoms with E-state index in [1.807, 2.05) is 23.9 Å². The van der Waals surface area contributed by atoms with Crippen LogP contribution in [0.1, 0.15) is 6.92 Å². The van der Waals surface area contributed by atoms with E-state index in [0.29, 0.717) is 4.47 Å². The number of nitrogens with one attached hydrogen (secondary N) is 1. The zero-order chi connectivity index (χ0) is 13.8. The van der Waals surface area contributed by atoms with Crippen LogP contribution in [0.5, 0.6) is 0 Å². The van der Waals surface area contributed by atoms with Crippen molar-refractivity contribution in [3.05, 3.63) is 51.2 Å². The molecule has 2 rings (SSSR count). The lowest BCUT2D eigenvalue weighted by Gasteiger charge is -2.16. The molecule has 1 heterocycles. The van der Waals surface area contributed by atoms with E-state index >= 15 is 0 Å². The lowest BCUT2D eigenvalue weighted by atomic mass is 10.2. The van der Waals surface area contributed by atoms with E-state index in [1.165, 1.54) is 12.1 Å². The summed E-state index contributed by atoms with van der Waals surface area (Å²) >= 11 is 3.33. The molecule has 0 aliphatic rings. The number of anilines is 1. The van der Waals surface area contributed by atoms with E-state index in [2.05, 4.69) is 26.3 Å². The standard InChI is InChI=1S/C12H13BrN4O2/c1-9(8-16-6-2-5-14-16)15-12-4-3-10(17(18)19)7-11(12)13/h2-7,9,15H,8H2,1H3. The Morgan fingerprint density at radius 3 is 2.95 bits per heavy atom. The highest BCUT2D eigenvalue weighted by Crippen LogP contribution is 2.27. The van der Waals surface area contributed by atoms with Crippen LogP contribution in [0, 0.1) is 10.1 Å². The minimum atomic E-state index is -0.415. The lowest BCUT2D eigenvalue weighted by Crippen LogP contribution is -2.22. The molecule has 7 heteroatoms. The highest BCUT2D eigenvalue weighted by atomic mass is 79.9. The number of nitro benzene ring substituents is 1. The topological polar surface area (TPSA) is 73.0 Å². The van der Waals surface area contributed by atoms with Gasteiger partial charge in [-0.3, -0.25) is 14.8 Å². The van der Waals surface area contributed by atoms with E-state index in [0.717, 1.165) is 12.2 Å².